The van der Waals surface area contributed by atoms with Crippen molar-refractivity contribution in [2.45, 2.75) is 25.0 Å². The van der Waals surface area contributed by atoms with Gasteiger partial charge in [-0.05, 0) is 18.4 Å². The Morgan fingerprint density at radius 1 is 1.25 bits per heavy atom. The van der Waals surface area contributed by atoms with Gasteiger partial charge in [0.25, 0.3) is 0 Å². The van der Waals surface area contributed by atoms with E-state index in [1.807, 2.05) is 30.3 Å². The molecule has 0 bridgehead atoms. The normalized spacial score (nSPS) is 16.2. The number of hydrogen-bond donors (Lipinski definition) is 2. The maximum atomic E-state index is 11.7. The molecule has 0 aliphatic heterocycles. The lowest BCUT2D eigenvalue weighted by atomic mass is 9.69. The van der Waals surface area contributed by atoms with Crippen LogP contribution in [0.25, 0.3) is 0 Å². The third-order valence-corrected chi connectivity index (χ3v) is 4.74. The molecule has 1 aromatic carbocycles. The third kappa shape index (κ3) is 3.76. The molecule has 1 aromatic rings. The molecule has 0 aromatic heterocycles. The molecule has 20 heavy (non-hydrogen) atoms. The molecule has 1 aliphatic rings. The van der Waals surface area contributed by atoms with Crippen molar-refractivity contribution in [1.29, 1.82) is 0 Å². The standard InChI is InChI=1S/C15H19NO3S/c17-13(10-20-9-12-5-2-1-3-6-12)16-11-15(14(18)19)7-4-8-15/h1-3,5-6H,4,7-11H2,(H,16,17)(H,18,19). The van der Waals surface area contributed by atoms with Crippen LogP contribution in [0.3, 0.4) is 0 Å². The van der Waals surface area contributed by atoms with E-state index in [0.29, 0.717) is 18.6 Å². The first-order chi connectivity index (χ1) is 9.62. The molecule has 0 heterocycles. The minimum absolute atomic E-state index is 0.0848. The van der Waals surface area contributed by atoms with Gasteiger partial charge >= 0.3 is 5.97 Å². The number of amides is 1. The smallest absolute Gasteiger partial charge is 0.311 e. The molecule has 0 radical (unpaired) electrons. The summed E-state index contributed by atoms with van der Waals surface area (Å²) < 4.78 is 0. The number of nitrogens with one attached hydrogen (secondary N) is 1. The van der Waals surface area contributed by atoms with Crippen LogP contribution in [-0.2, 0) is 15.3 Å². The summed E-state index contributed by atoms with van der Waals surface area (Å²) in [6, 6.07) is 9.97. The lowest BCUT2D eigenvalue weighted by Crippen LogP contribution is -2.47. The van der Waals surface area contributed by atoms with Crippen LogP contribution >= 0.6 is 11.8 Å². The Bertz CT molecular complexity index is 471. The summed E-state index contributed by atoms with van der Waals surface area (Å²) in [5.41, 5.74) is 0.478. The molecular weight excluding hydrogens is 274 g/mol. The molecule has 108 valence electrons. The molecule has 1 amide bonds. The Labute approximate surface area is 123 Å². The van der Waals surface area contributed by atoms with Crippen LogP contribution in [0.1, 0.15) is 24.8 Å². The van der Waals surface area contributed by atoms with E-state index in [4.69, 9.17) is 5.11 Å². The molecular formula is C15H19NO3S. The van der Waals surface area contributed by atoms with Gasteiger partial charge in [-0.25, -0.2) is 0 Å². The zero-order valence-corrected chi connectivity index (χ0v) is 12.1. The highest BCUT2D eigenvalue weighted by molar-refractivity contribution is 7.99. The van der Waals surface area contributed by atoms with E-state index in [1.54, 1.807) is 0 Å². The van der Waals surface area contributed by atoms with Crippen LogP contribution in [0, 0.1) is 5.41 Å². The SMILES string of the molecule is O=C(CSCc1ccccc1)NCC1(C(=O)O)CCC1. The third-order valence-electron chi connectivity index (χ3n) is 3.73. The van der Waals surface area contributed by atoms with E-state index < -0.39 is 11.4 Å². The van der Waals surface area contributed by atoms with Crippen LogP contribution in [0.4, 0.5) is 0 Å². The summed E-state index contributed by atoms with van der Waals surface area (Å²) in [6.07, 6.45) is 2.27. The van der Waals surface area contributed by atoms with E-state index >= 15 is 0 Å². The van der Waals surface area contributed by atoms with Gasteiger partial charge in [-0.2, -0.15) is 0 Å². The summed E-state index contributed by atoms with van der Waals surface area (Å²) >= 11 is 1.54. The van der Waals surface area contributed by atoms with Gasteiger partial charge in [-0.3, -0.25) is 9.59 Å². The van der Waals surface area contributed by atoms with Crippen LogP contribution in [-0.4, -0.2) is 29.3 Å². The number of carbonyl (C=O) groups is 2. The minimum Gasteiger partial charge on any atom is -0.481 e. The van der Waals surface area contributed by atoms with E-state index in [0.717, 1.165) is 12.2 Å². The van der Waals surface area contributed by atoms with Crippen molar-refractivity contribution in [2.24, 2.45) is 5.41 Å². The van der Waals surface area contributed by atoms with Crippen LogP contribution in [0.15, 0.2) is 30.3 Å². The molecule has 1 fully saturated rings. The lowest BCUT2D eigenvalue weighted by Gasteiger charge is -2.37. The fourth-order valence-corrected chi connectivity index (χ4v) is 3.04. The Hall–Kier alpha value is -1.49. The van der Waals surface area contributed by atoms with Gasteiger partial charge in [-0.1, -0.05) is 36.8 Å². The predicted molar refractivity (Wildman–Crippen MR) is 79.5 cm³/mol. The minimum atomic E-state index is -0.791. The quantitative estimate of drug-likeness (QED) is 0.809. The average Bonchev–Trinajstić information content (AvgIpc) is 2.38. The van der Waals surface area contributed by atoms with Crippen molar-refractivity contribution in [2.75, 3.05) is 12.3 Å². The number of carbonyl (C=O) groups excluding carboxylic acids is 1. The maximum absolute atomic E-state index is 11.7. The van der Waals surface area contributed by atoms with Crippen LogP contribution < -0.4 is 5.32 Å². The molecule has 1 saturated carbocycles. The summed E-state index contributed by atoms with van der Waals surface area (Å²) in [5.74, 6) is 0.280. The lowest BCUT2D eigenvalue weighted by molar-refractivity contribution is -0.154. The van der Waals surface area contributed by atoms with E-state index in [1.165, 1.54) is 17.3 Å². The molecule has 2 N–H and O–H groups in total. The first kappa shape index (κ1) is 14.9. The monoisotopic (exact) mass is 293 g/mol. The fourth-order valence-electron chi connectivity index (χ4n) is 2.22. The summed E-state index contributed by atoms with van der Waals surface area (Å²) in [7, 11) is 0. The second kappa shape index (κ2) is 6.79. The van der Waals surface area contributed by atoms with Crippen molar-refractivity contribution < 1.29 is 14.7 Å². The molecule has 2 rings (SSSR count). The second-order valence-corrected chi connectivity index (χ2v) is 6.18. The van der Waals surface area contributed by atoms with E-state index in [2.05, 4.69) is 5.32 Å². The van der Waals surface area contributed by atoms with Gasteiger partial charge in [0, 0.05) is 12.3 Å². The highest BCUT2D eigenvalue weighted by Gasteiger charge is 2.44. The molecule has 4 nitrogen and oxygen atoms in total. The molecule has 1 aliphatic carbocycles. The Kier molecular flexibility index (Phi) is 5.06. The number of rotatable bonds is 7. The molecule has 0 saturated heterocycles. The zero-order valence-electron chi connectivity index (χ0n) is 11.3. The maximum Gasteiger partial charge on any atom is 0.311 e. The Morgan fingerprint density at radius 2 is 1.95 bits per heavy atom. The average molecular weight is 293 g/mol. The van der Waals surface area contributed by atoms with Crippen molar-refractivity contribution in [3.63, 3.8) is 0 Å². The number of aliphatic carboxylic acids is 1. The molecule has 5 heteroatoms. The van der Waals surface area contributed by atoms with Crippen molar-refractivity contribution in [3.8, 4) is 0 Å². The van der Waals surface area contributed by atoms with E-state index in [-0.39, 0.29) is 12.5 Å². The van der Waals surface area contributed by atoms with Crippen molar-refractivity contribution >= 4 is 23.6 Å². The predicted octanol–water partition coefficient (Wildman–Crippen LogP) is 2.29. The van der Waals surface area contributed by atoms with Gasteiger partial charge in [0.2, 0.25) is 5.91 Å². The highest BCUT2D eigenvalue weighted by atomic mass is 32.2. The fraction of sp³-hybridized carbons (Fsp3) is 0.467. The number of thioether (sulfide) groups is 1. The van der Waals surface area contributed by atoms with Gasteiger partial charge in [0.05, 0.1) is 11.2 Å². The molecule has 0 atom stereocenters. The second-order valence-electron chi connectivity index (χ2n) is 5.19. The number of carboxylic acid groups (broad SMARTS) is 1. The topological polar surface area (TPSA) is 66.4 Å². The summed E-state index contributed by atoms with van der Waals surface area (Å²) in [4.78, 5) is 22.9. The van der Waals surface area contributed by atoms with Gasteiger partial charge < -0.3 is 10.4 Å². The van der Waals surface area contributed by atoms with Crippen molar-refractivity contribution in [1.82, 2.24) is 5.32 Å². The summed E-state index contributed by atoms with van der Waals surface area (Å²) in [6.45, 7) is 0.257. The number of hydrogen-bond acceptors (Lipinski definition) is 3. The van der Waals surface area contributed by atoms with Crippen LogP contribution in [0.2, 0.25) is 0 Å². The number of carboxylic acids is 1. The zero-order chi connectivity index (χ0) is 14.4. The summed E-state index contributed by atoms with van der Waals surface area (Å²) in [5, 5.41) is 11.9. The molecule has 0 unspecified atom stereocenters. The van der Waals surface area contributed by atoms with E-state index in [9.17, 15) is 9.59 Å². The van der Waals surface area contributed by atoms with Gasteiger partial charge in [-0.15, -0.1) is 11.8 Å². The van der Waals surface area contributed by atoms with Crippen LogP contribution in [0.5, 0.6) is 0 Å². The largest absolute Gasteiger partial charge is 0.481 e. The highest BCUT2D eigenvalue weighted by Crippen LogP contribution is 2.40. The first-order valence-corrected chi connectivity index (χ1v) is 7.90. The van der Waals surface area contributed by atoms with Gasteiger partial charge in [0.1, 0.15) is 0 Å². The number of benzene rings is 1. The molecule has 0 spiro atoms. The first-order valence-electron chi connectivity index (χ1n) is 6.74. The van der Waals surface area contributed by atoms with Crippen molar-refractivity contribution in [3.05, 3.63) is 35.9 Å². The Balaban J connectivity index is 1.67. The van der Waals surface area contributed by atoms with Gasteiger partial charge in [0.15, 0.2) is 0 Å². The Morgan fingerprint density at radius 3 is 2.50 bits per heavy atom.